The lowest BCUT2D eigenvalue weighted by atomic mass is 10.2. The van der Waals surface area contributed by atoms with E-state index in [0.29, 0.717) is 15.8 Å². The Morgan fingerprint density at radius 3 is 2.60 bits per heavy atom. The van der Waals surface area contributed by atoms with Crippen molar-refractivity contribution in [3.8, 4) is 0 Å². The van der Waals surface area contributed by atoms with Crippen LogP contribution in [0.2, 0.25) is 0 Å². The van der Waals surface area contributed by atoms with Crippen LogP contribution in [0.5, 0.6) is 0 Å². The topological polar surface area (TPSA) is 33.2 Å². The second-order valence-electron chi connectivity index (χ2n) is 5.68. The first kappa shape index (κ1) is 16.0. The molecule has 0 spiro atoms. The highest BCUT2D eigenvalue weighted by atomic mass is 32.2. The van der Waals surface area contributed by atoms with E-state index in [9.17, 15) is 4.79 Å². The van der Waals surface area contributed by atoms with Crippen LogP contribution in [0.4, 0.5) is 0 Å². The molecule has 3 nitrogen and oxygen atoms in total. The average molecular weight is 362 g/mol. The molecule has 0 saturated carbocycles. The Kier molecular flexibility index (Phi) is 4.34. The van der Waals surface area contributed by atoms with Gasteiger partial charge in [-0.2, -0.15) is 0 Å². The second kappa shape index (κ2) is 6.78. The molecular formula is C20H14N2OS2. The largest absolute Gasteiger partial charge is 0.288 e. The number of carbonyl (C=O) groups is 1. The summed E-state index contributed by atoms with van der Waals surface area (Å²) in [5.74, 6) is -0.0613. The highest BCUT2D eigenvalue weighted by Crippen LogP contribution is 2.33. The van der Waals surface area contributed by atoms with Gasteiger partial charge in [-0.3, -0.25) is 9.69 Å². The molecule has 3 aromatic rings. The van der Waals surface area contributed by atoms with Crippen molar-refractivity contribution < 1.29 is 4.79 Å². The SMILES string of the molecule is O=C1C(=Cc2ccc3ccccc3n2)SC(=S)N1Cc1ccccc1. The molecule has 0 atom stereocenters. The molecule has 0 N–H and O–H groups in total. The zero-order valence-corrected chi connectivity index (χ0v) is 14.9. The summed E-state index contributed by atoms with van der Waals surface area (Å²) in [4.78, 5) is 19.6. The number of amides is 1. The number of carbonyl (C=O) groups excluding carboxylic acids is 1. The maximum absolute atomic E-state index is 12.7. The van der Waals surface area contributed by atoms with Crippen LogP contribution in [0.15, 0.2) is 71.6 Å². The molecule has 5 heteroatoms. The number of thiocarbonyl (C=S) groups is 1. The molecule has 122 valence electrons. The number of benzene rings is 2. The van der Waals surface area contributed by atoms with Crippen molar-refractivity contribution in [1.82, 2.24) is 9.88 Å². The first-order valence-electron chi connectivity index (χ1n) is 7.86. The van der Waals surface area contributed by atoms with Gasteiger partial charge in [-0.25, -0.2) is 4.98 Å². The molecule has 1 saturated heterocycles. The molecule has 1 aromatic heterocycles. The Morgan fingerprint density at radius 2 is 1.76 bits per heavy atom. The van der Waals surface area contributed by atoms with Gasteiger partial charge in [0.2, 0.25) is 0 Å². The third-order valence-corrected chi connectivity index (χ3v) is 5.33. The van der Waals surface area contributed by atoms with Gasteiger partial charge in [-0.1, -0.05) is 78.6 Å². The predicted molar refractivity (Wildman–Crippen MR) is 107 cm³/mol. The fraction of sp³-hybridized carbons (Fsp3) is 0.0500. The van der Waals surface area contributed by atoms with E-state index in [1.165, 1.54) is 11.8 Å². The van der Waals surface area contributed by atoms with Gasteiger partial charge >= 0.3 is 0 Å². The van der Waals surface area contributed by atoms with Gasteiger partial charge in [0.25, 0.3) is 5.91 Å². The quantitative estimate of drug-likeness (QED) is 0.502. The molecule has 0 radical (unpaired) electrons. The van der Waals surface area contributed by atoms with Crippen molar-refractivity contribution in [2.24, 2.45) is 0 Å². The number of para-hydroxylation sites is 1. The molecule has 2 heterocycles. The summed E-state index contributed by atoms with van der Waals surface area (Å²) in [5, 5.41) is 1.08. The monoisotopic (exact) mass is 362 g/mol. The first-order valence-corrected chi connectivity index (χ1v) is 9.08. The van der Waals surface area contributed by atoms with Crippen LogP contribution in [-0.2, 0) is 11.3 Å². The van der Waals surface area contributed by atoms with Gasteiger partial charge in [0.05, 0.1) is 22.7 Å². The number of hydrogen-bond acceptors (Lipinski definition) is 4. The summed E-state index contributed by atoms with van der Waals surface area (Å²) >= 11 is 6.72. The molecular weight excluding hydrogens is 348 g/mol. The number of hydrogen-bond donors (Lipinski definition) is 0. The standard InChI is InChI=1S/C20H14N2OS2/c23-19-18(12-16-11-10-15-8-4-5-9-17(15)21-16)25-20(24)22(19)13-14-6-2-1-3-7-14/h1-12H,13H2. The van der Waals surface area contributed by atoms with Crippen molar-refractivity contribution in [3.63, 3.8) is 0 Å². The Hall–Kier alpha value is -2.50. The minimum atomic E-state index is -0.0613. The van der Waals surface area contributed by atoms with E-state index in [2.05, 4.69) is 4.98 Å². The minimum absolute atomic E-state index is 0.0613. The van der Waals surface area contributed by atoms with Crippen LogP contribution >= 0.6 is 24.0 Å². The normalized spacial score (nSPS) is 16.2. The van der Waals surface area contributed by atoms with E-state index >= 15 is 0 Å². The van der Waals surface area contributed by atoms with Crippen LogP contribution in [-0.4, -0.2) is 20.1 Å². The van der Waals surface area contributed by atoms with E-state index < -0.39 is 0 Å². The fourth-order valence-electron chi connectivity index (χ4n) is 2.70. The van der Waals surface area contributed by atoms with Gasteiger partial charge in [-0.05, 0) is 23.8 Å². The van der Waals surface area contributed by atoms with Crippen LogP contribution in [0.1, 0.15) is 11.3 Å². The third kappa shape index (κ3) is 3.34. The van der Waals surface area contributed by atoms with Crippen molar-refractivity contribution in [2.75, 3.05) is 0 Å². The lowest BCUT2D eigenvalue weighted by Crippen LogP contribution is -2.27. The summed E-state index contributed by atoms with van der Waals surface area (Å²) in [5.41, 5.74) is 2.74. The van der Waals surface area contributed by atoms with Gasteiger partial charge in [0.15, 0.2) is 0 Å². The minimum Gasteiger partial charge on any atom is -0.288 e. The molecule has 2 aromatic carbocycles. The smallest absolute Gasteiger partial charge is 0.266 e. The van der Waals surface area contributed by atoms with Crippen LogP contribution in [0.25, 0.3) is 17.0 Å². The van der Waals surface area contributed by atoms with Crippen LogP contribution in [0.3, 0.4) is 0 Å². The number of fused-ring (bicyclic) bond motifs is 1. The van der Waals surface area contributed by atoms with E-state index in [-0.39, 0.29) is 5.91 Å². The Morgan fingerprint density at radius 1 is 1.00 bits per heavy atom. The lowest BCUT2D eigenvalue weighted by Gasteiger charge is -2.14. The van der Waals surface area contributed by atoms with Crippen molar-refractivity contribution in [1.29, 1.82) is 0 Å². The summed E-state index contributed by atoms with van der Waals surface area (Å²) in [6, 6.07) is 21.7. The highest BCUT2D eigenvalue weighted by Gasteiger charge is 2.32. The van der Waals surface area contributed by atoms with Crippen molar-refractivity contribution >= 4 is 51.2 Å². The fourth-order valence-corrected chi connectivity index (χ4v) is 3.94. The number of rotatable bonds is 3. The van der Waals surface area contributed by atoms with Gasteiger partial charge in [0, 0.05) is 5.39 Å². The zero-order chi connectivity index (χ0) is 17.2. The van der Waals surface area contributed by atoms with E-state index in [1.54, 1.807) is 4.90 Å². The Bertz CT molecular complexity index is 999. The molecule has 1 aliphatic heterocycles. The van der Waals surface area contributed by atoms with E-state index in [0.717, 1.165) is 22.2 Å². The molecule has 1 aliphatic rings. The van der Waals surface area contributed by atoms with Gasteiger partial charge in [0.1, 0.15) is 4.32 Å². The molecule has 25 heavy (non-hydrogen) atoms. The molecule has 0 bridgehead atoms. The van der Waals surface area contributed by atoms with E-state index in [4.69, 9.17) is 12.2 Å². The third-order valence-electron chi connectivity index (χ3n) is 3.96. The molecule has 0 aliphatic carbocycles. The highest BCUT2D eigenvalue weighted by molar-refractivity contribution is 8.26. The summed E-state index contributed by atoms with van der Waals surface area (Å²) in [7, 11) is 0. The van der Waals surface area contributed by atoms with Gasteiger partial charge < -0.3 is 0 Å². The molecule has 1 fully saturated rings. The second-order valence-corrected chi connectivity index (χ2v) is 7.36. The maximum atomic E-state index is 12.7. The predicted octanol–water partition coefficient (Wildman–Crippen LogP) is 4.64. The number of aromatic nitrogens is 1. The Balaban J connectivity index is 1.60. The lowest BCUT2D eigenvalue weighted by molar-refractivity contribution is -0.122. The summed E-state index contributed by atoms with van der Waals surface area (Å²) < 4.78 is 0.584. The molecule has 0 unspecified atom stereocenters. The average Bonchev–Trinajstić information content (AvgIpc) is 2.90. The van der Waals surface area contributed by atoms with Crippen molar-refractivity contribution in [3.05, 3.63) is 82.9 Å². The van der Waals surface area contributed by atoms with Crippen LogP contribution in [0, 0.1) is 0 Å². The first-order chi connectivity index (χ1) is 12.2. The number of nitrogens with zero attached hydrogens (tertiary/aromatic N) is 2. The number of pyridine rings is 1. The van der Waals surface area contributed by atoms with Crippen LogP contribution < -0.4 is 0 Å². The Labute approximate surface area is 155 Å². The maximum Gasteiger partial charge on any atom is 0.266 e. The van der Waals surface area contributed by atoms with Gasteiger partial charge in [-0.15, -0.1) is 0 Å². The molecule has 4 rings (SSSR count). The number of thioether (sulfide) groups is 1. The van der Waals surface area contributed by atoms with E-state index in [1.807, 2.05) is 72.8 Å². The summed E-state index contributed by atoms with van der Waals surface area (Å²) in [6.07, 6.45) is 1.82. The molecule has 1 amide bonds. The van der Waals surface area contributed by atoms with Crippen molar-refractivity contribution in [2.45, 2.75) is 6.54 Å². The summed E-state index contributed by atoms with van der Waals surface area (Å²) in [6.45, 7) is 0.494. The zero-order valence-electron chi connectivity index (χ0n) is 13.3.